The molecular weight excluding hydrogens is 230 g/mol. The fourth-order valence-electron chi connectivity index (χ4n) is 1.82. The summed E-state index contributed by atoms with van der Waals surface area (Å²) in [6.07, 6.45) is 1.85. The molecule has 0 heterocycles. The summed E-state index contributed by atoms with van der Waals surface area (Å²) in [5, 5.41) is 11.7. The summed E-state index contributed by atoms with van der Waals surface area (Å²) in [5.41, 5.74) is 2.40. The minimum atomic E-state index is -0.734. The molecule has 100 valence electrons. The van der Waals surface area contributed by atoms with E-state index in [-0.39, 0.29) is 6.42 Å². The van der Waals surface area contributed by atoms with Crippen molar-refractivity contribution in [2.45, 2.75) is 26.2 Å². The van der Waals surface area contributed by atoms with Crippen LogP contribution >= 0.6 is 0 Å². The molecular formula is C14H21NO3. The Labute approximate surface area is 108 Å². The number of carbonyl (C=O) groups is 1. The van der Waals surface area contributed by atoms with Crippen LogP contribution in [-0.2, 0) is 11.2 Å². The van der Waals surface area contributed by atoms with Crippen molar-refractivity contribution < 1.29 is 14.6 Å². The first-order valence-corrected chi connectivity index (χ1v) is 6.19. The number of nitrogens with one attached hydrogen (secondary N) is 1. The Hall–Kier alpha value is -1.55. The van der Waals surface area contributed by atoms with E-state index in [4.69, 9.17) is 9.84 Å². The van der Waals surface area contributed by atoms with Crippen LogP contribution in [0.4, 0.5) is 0 Å². The van der Waals surface area contributed by atoms with Gasteiger partial charge in [0.25, 0.3) is 0 Å². The lowest BCUT2D eigenvalue weighted by atomic mass is 10.1. The number of methoxy groups -OCH3 is 1. The summed E-state index contributed by atoms with van der Waals surface area (Å²) in [5.74, 6) is 0.177. The number of carboxylic acid groups (broad SMARTS) is 1. The maximum absolute atomic E-state index is 10.3. The van der Waals surface area contributed by atoms with Crippen molar-refractivity contribution in [1.29, 1.82) is 0 Å². The van der Waals surface area contributed by atoms with Gasteiger partial charge in [-0.15, -0.1) is 0 Å². The van der Waals surface area contributed by atoms with Gasteiger partial charge < -0.3 is 15.2 Å². The van der Waals surface area contributed by atoms with Gasteiger partial charge in [0.1, 0.15) is 5.75 Å². The van der Waals surface area contributed by atoms with E-state index >= 15 is 0 Å². The number of benzene rings is 1. The molecule has 0 bridgehead atoms. The fraction of sp³-hybridized carbons (Fsp3) is 0.500. The highest BCUT2D eigenvalue weighted by atomic mass is 16.5. The Balaban J connectivity index is 2.23. The Bertz CT molecular complexity index is 391. The quantitative estimate of drug-likeness (QED) is 0.694. The van der Waals surface area contributed by atoms with Gasteiger partial charge >= 0.3 is 5.97 Å². The molecule has 18 heavy (non-hydrogen) atoms. The van der Waals surface area contributed by atoms with Crippen LogP contribution in [0.1, 0.15) is 24.0 Å². The van der Waals surface area contributed by atoms with Crippen molar-refractivity contribution in [3.63, 3.8) is 0 Å². The molecule has 0 aliphatic heterocycles. The SMILES string of the molecule is COc1ccc(CCNCCCC(=O)O)cc1C. The topological polar surface area (TPSA) is 58.6 Å². The third-order valence-electron chi connectivity index (χ3n) is 2.79. The Morgan fingerprint density at radius 1 is 1.39 bits per heavy atom. The minimum Gasteiger partial charge on any atom is -0.496 e. The number of hydrogen-bond donors (Lipinski definition) is 2. The summed E-state index contributed by atoms with van der Waals surface area (Å²) >= 11 is 0. The summed E-state index contributed by atoms with van der Waals surface area (Å²) in [4.78, 5) is 10.3. The van der Waals surface area contributed by atoms with Crippen LogP contribution in [0.2, 0.25) is 0 Å². The third-order valence-corrected chi connectivity index (χ3v) is 2.79. The molecule has 2 N–H and O–H groups in total. The second-order valence-electron chi connectivity index (χ2n) is 4.30. The van der Waals surface area contributed by atoms with E-state index in [1.165, 1.54) is 5.56 Å². The van der Waals surface area contributed by atoms with Crippen LogP contribution in [0, 0.1) is 6.92 Å². The van der Waals surface area contributed by atoms with Crippen molar-refractivity contribution in [1.82, 2.24) is 5.32 Å². The van der Waals surface area contributed by atoms with E-state index in [0.717, 1.165) is 30.8 Å². The maximum atomic E-state index is 10.3. The molecule has 0 unspecified atom stereocenters. The van der Waals surface area contributed by atoms with Crippen LogP contribution in [-0.4, -0.2) is 31.3 Å². The van der Waals surface area contributed by atoms with Crippen LogP contribution in [0.15, 0.2) is 18.2 Å². The zero-order valence-electron chi connectivity index (χ0n) is 11.0. The van der Waals surface area contributed by atoms with E-state index in [9.17, 15) is 4.79 Å². The number of carboxylic acids is 1. The highest BCUT2D eigenvalue weighted by Gasteiger charge is 2.00. The lowest BCUT2D eigenvalue weighted by Crippen LogP contribution is -2.19. The molecule has 0 spiro atoms. The summed E-state index contributed by atoms with van der Waals surface area (Å²) in [6, 6.07) is 6.16. The minimum absolute atomic E-state index is 0.231. The molecule has 1 aromatic carbocycles. The predicted molar refractivity (Wildman–Crippen MR) is 71.2 cm³/mol. The van der Waals surface area contributed by atoms with Crippen molar-refractivity contribution in [3.8, 4) is 5.75 Å². The highest BCUT2D eigenvalue weighted by Crippen LogP contribution is 2.18. The number of aliphatic carboxylic acids is 1. The number of hydrogen-bond acceptors (Lipinski definition) is 3. The largest absolute Gasteiger partial charge is 0.496 e. The molecule has 4 nitrogen and oxygen atoms in total. The first kappa shape index (κ1) is 14.5. The molecule has 1 aromatic rings. The van der Waals surface area contributed by atoms with E-state index in [0.29, 0.717) is 6.42 Å². The zero-order chi connectivity index (χ0) is 13.4. The van der Waals surface area contributed by atoms with Crippen molar-refractivity contribution >= 4 is 5.97 Å². The molecule has 0 atom stereocenters. The van der Waals surface area contributed by atoms with E-state index < -0.39 is 5.97 Å². The number of ether oxygens (including phenoxy) is 1. The molecule has 0 aliphatic carbocycles. The molecule has 0 saturated carbocycles. The van der Waals surface area contributed by atoms with Gasteiger partial charge in [-0.25, -0.2) is 0 Å². The Morgan fingerprint density at radius 2 is 2.17 bits per heavy atom. The van der Waals surface area contributed by atoms with Crippen LogP contribution in [0.25, 0.3) is 0 Å². The van der Waals surface area contributed by atoms with Gasteiger partial charge in [-0.3, -0.25) is 4.79 Å². The van der Waals surface area contributed by atoms with Crippen molar-refractivity contribution in [3.05, 3.63) is 29.3 Å². The van der Waals surface area contributed by atoms with Crippen molar-refractivity contribution in [2.75, 3.05) is 20.2 Å². The first-order chi connectivity index (χ1) is 8.63. The van der Waals surface area contributed by atoms with Gasteiger partial charge in [0.05, 0.1) is 7.11 Å². The van der Waals surface area contributed by atoms with Gasteiger partial charge in [0, 0.05) is 6.42 Å². The van der Waals surface area contributed by atoms with Crippen LogP contribution in [0.3, 0.4) is 0 Å². The number of aryl methyl sites for hydroxylation is 1. The first-order valence-electron chi connectivity index (χ1n) is 6.19. The number of rotatable bonds is 8. The summed E-state index contributed by atoms with van der Waals surface area (Å²) < 4.78 is 5.21. The molecule has 4 heteroatoms. The zero-order valence-corrected chi connectivity index (χ0v) is 11.0. The maximum Gasteiger partial charge on any atom is 0.303 e. The predicted octanol–water partition coefficient (Wildman–Crippen LogP) is 2.00. The van der Waals surface area contributed by atoms with E-state index in [1.54, 1.807) is 7.11 Å². The molecule has 0 amide bonds. The standard InChI is InChI=1S/C14H21NO3/c1-11-10-12(5-6-13(11)18-2)7-9-15-8-3-4-14(16)17/h5-6,10,15H,3-4,7-9H2,1-2H3,(H,16,17). The average Bonchev–Trinajstić information content (AvgIpc) is 2.33. The second-order valence-corrected chi connectivity index (χ2v) is 4.30. The van der Waals surface area contributed by atoms with Crippen LogP contribution < -0.4 is 10.1 Å². The molecule has 1 rings (SSSR count). The summed E-state index contributed by atoms with van der Waals surface area (Å²) in [7, 11) is 1.67. The van der Waals surface area contributed by atoms with Gasteiger partial charge in [0.15, 0.2) is 0 Å². The van der Waals surface area contributed by atoms with Gasteiger partial charge in [-0.05, 0) is 50.0 Å². The molecule has 0 aliphatic rings. The van der Waals surface area contributed by atoms with Gasteiger partial charge in [0.2, 0.25) is 0 Å². The van der Waals surface area contributed by atoms with Crippen molar-refractivity contribution in [2.24, 2.45) is 0 Å². The molecule has 0 radical (unpaired) electrons. The normalized spacial score (nSPS) is 10.3. The third kappa shape index (κ3) is 5.19. The molecule has 0 fully saturated rings. The summed E-state index contributed by atoms with van der Waals surface area (Å²) in [6.45, 7) is 3.65. The lowest BCUT2D eigenvalue weighted by Gasteiger charge is -2.08. The lowest BCUT2D eigenvalue weighted by molar-refractivity contribution is -0.137. The monoisotopic (exact) mass is 251 g/mol. The Kier molecular flexibility index (Phi) is 6.22. The fourth-order valence-corrected chi connectivity index (χ4v) is 1.82. The second kappa shape index (κ2) is 7.71. The highest BCUT2D eigenvalue weighted by molar-refractivity contribution is 5.66. The van der Waals surface area contributed by atoms with Gasteiger partial charge in [-0.2, -0.15) is 0 Å². The van der Waals surface area contributed by atoms with Gasteiger partial charge in [-0.1, -0.05) is 12.1 Å². The molecule has 0 aromatic heterocycles. The van der Waals surface area contributed by atoms with E-state index in [2.05, 4.69) is 17.4 Å². The molecule has 0 saturated heterocycles. The van der Waals surface area contributed by atoms with E-state index in [1.807, 2.05) is 13.0 Å². The van der Waals surface area contributed by atoms with Crippen LogP contribution in [0.5, 0.6) is 5.75 Å². The average molecular weight is 251 g/mol. The Morgan fingerprint density at radius 3 is 2.78 bits per heavy atom. The smallest absolute Gasteiger partial charge is 0.303 e.